The van der Waals surface area contributed by atoms with E-state index in [4.69, 9.17) is 0 Å². The Labute approximate surface area is 75.4 Å². The van der Waals surface area contributed by atoms with Gasteiger partial charge in [0.1, 0.15) is 0 Å². The van der Waals surface area contributed by atoms with E-state index in [1.807, 2.05) is 0 Å². The Morgan fingerprint density at radius 3 is 2.58 bits per heavy atom. The third-order valence-electron chi connectivity index (χ3n) is 2.99. The molecule has 1 atom stereocenters. The third-order valence-corrected chi connectivity index (χ3v) is 2.99. The molecule has 1 aliphatic rings. The maximum atomic E-state index is 10.1. The van der Waals surface area contributed by atoms with Crippen LogP contribution in [0.2, 0.25) is 0 Å². The molecule has 2 heteroatoms. The van der Waals surface area contributed by atoms with Crippen LogP contribution in [0.3, 0.4) is 0 Å². The predicted molar refractivity (Wildman–Crippen MR) is 51.1 cm³/mol. The van der Waals surface area contributed by atoms with Crippen LogP contribution in [0.5, 0.6) is 0 Å². The topological polar surface area (TPSA) is 32.3 Å². The first-order valence-corrected chi connectivity index (χ1v) is 4.91. The first kappa shape index (κ1) is 10.0. The molecule has 2 nitrogen and oxygen atoms in total. The summed E-state index contributed by atoms with van der Waals surface area (Å²) in [5.41, 5.74) is -0.152. The van der Waals surface area contributed by atoms with Crippen molar-refractivity contribution in [3.05, 3.63) is 0 Å². The summed E-state index contributed by atoms with van der Waals surface area (Å²) in [7, 11) is 0. The van der Waals surface area contributed by atoms with E-state index in [1.54, 1.807) is 0 Å². The van der Waals surface area contributed by atoms with E-state index in [2.05, 4.69) is 26.1 Å². The highest BCUT2D eigenvalue weighted by molar-refractivity contribution is 4.91. The van der Waals surface area contributed by atoms with Gasteiger partial charge in [-0.05, 0) is 24.8 Å². The molecule has 1 aliphatic heterocycles. The molecule has 12 heavy (non-hydrogen) atoms. The molecule has 0 aliphatic carbocycles. The molecule has 0 amide bonds. The van der Waals surface area contributed by atoms with Gasteiger partial charge in [-0.2, -0.15) is 0 Å². The molecule has 2 N–H and O–H groups in total. The van der Waals surface area contributed by atoms with Gasteiger partial charge in [-0.25, -0.2) is 0 Å². The quantitative estimate of drug-likeness (QED) is 0.675. The fourth-order valence-corrected chi connectivity index (χ4v) is 1.90. The van der Waals surface area contributed by atoms with Crippen molar-refractivity contribution in [3.63, 3.8) is 0 Å². The summed E-state index contributed by atoms with van der Waals surface area (Å²) < 4.78 is 0. The summed E-state index contributed by atoms with van der Waals surface area (Å²) in [4.78, 5) is 0. The van der Waals surface area contributed by atoms with Crippen LogP contribution in [0.25, 0.3) is 0 Å². The van der Waals surface area contributed by atoms with Crippen molar-refractivity contribution in [2.24, 2.45) is 5.41 Å². The van der Waals surface area contributed by atoms with E-state index in [1.165, 1.54) is 0 Å². The number of aliphatic hydroxyl groups is 1. The summed E-state index contributed by atoms with van der Waals surface area (Å²) >= 11 is 0. The minimum Gasteiger partial charge on any atom is -0.388 e. The van der Waals surface area contributed by atoms with Gasteiger partial charge in [0, 0.05) is 6.54 Å². The van der Waals surface area contributed by atoms with E-state index in [-0.39, 0.29) is 5.41 Å². The molecular weight excluding hydrogens is 150 g/mol. The zero-order valence-electron chi connectivity index (χ0n) is 8.48. The lowest BCUT2D eigenvalue weighted by Gasteiger charge is -2.32. The zero-order chi connectivity index (χ0) is 9.24. The molecule has 1 fully saturated rings. The summed E-state index contributed by atoms with van der Waals surface area (Å²) in [6.07, 6.45) is 2.97. The van der Waals surface area contributed by atoms with E-state index in [9.17, 15) is 5.11 Å². The average molecular weight is 171 g/mol. The highest BCUT2D eigenvalue weighted by Crippen LogP contribution is 2.33. The molecule has 0 aromatic heterocycles. The SMILES string of the molecule is CCC(C)(C)CC1(O)CCNC1. The number of rotatable bonds is 3. The Balaban J connectivity index is 2.48. The molecule has 1 saturated heterocycles. The Bertz CT molecular complexity index is 148. The fourth-order valence-electron chi connectivity index (χ4n) is 1.90. The summed E-state index contributed by atoms with van der Waals surface area (Å²) in [6, 6.07) is 0. The largest absolute Gasteiger partial charge is 0.388 e. The molecule has 0 radical (unpaired) electrons. The van der Waals surface area contributed by atoms with Gasteiger partial charge in [0.25, 0.3) is 0 Å². The molecule has 0 saturated carbocycles. The van der Waals surface area contributed by atoms with Gasteiger partial charge in [-0.1, -0.05) is 27.2 Å². The Kier molecular flexibility index (Phi) is 2.79. The van der Waals surface area contributed by atoms with Crippen molar-refractivity contribution in [1.29, 1.82) is 0 Å². The van der Waals surface area contributed by atoms with E-state index in [0.29, 0.717) is 0 Å². The van der Waals surface area contributed by atoms with Crippen LogP contribution in [0, 0.1) is 5.41 Å². The molecule has 72 valence electrons. The first-order valence-electron chi connectivity index (χ1n) is 4.91. The number of nitrogens with one attached hydrogen (secondary N) is 1. The summed E-state index contributed by atoms with van der Waals surface area (Å²) in [6.45, 7) is 8.38. The molecule has 0 aromatic rings. The fraction of sp³-hybridized carbons (Fsp3) is 1.00. The Hall–Kier alpha value is -0.0800. The maximum absolute atomic E-state index is 10.1. The lowest BCUT2D eigenvalue weighted by molar-refractivity contribution is 0.0148. The molecule has 1 unspecified atom stereocenters. The standard InChI is InChI=1S/C10H21NO/c1-4-9(2,3)7-10(12)5-6-11-8-10/h11-12H,4-8H2,1-3H3. The lowest BCUT2D eigenvalue weighted by Crippen LogP contribution is -2.36. The number of hydrogen-bond acceptors (Lipinski definition) is 2. The van der Waals surface area contributed by atoms with Gasteiger partial charge in [-0.15, -0.1) is 0 Å². The predicted octanol–water partition coefficient (Wildman–Crippen LogP) is 1.54. The lowest BCUT2D eigenvalue weighted by atomic mass is 9.78. The third kappa shape index (κ3) is 2.46. The smallest absolute Gasteiger partial charge is 0.0788 e. The van der Waals surface area contributed by atoms with Crippen LogP contribution < -0.4 is 5.32 Å². The van der Waals surface area contributed by atoms with Crippen molar-refractivity contribution >= 4 is 0 Å². The van der Waals surface area contributed by atoms with Crippen LogP contribution in [0.4, 0.5) is 0 Å². The maximum Gasteiger partial charge on any atom is 0.0788 e. The van der Waals surface area contributed by atoms with Crippen LogP contribution >= 0.6 is 0 Å². The molecule has 1 rings (SSSR count). The summed E-state index contributed by atoms with van der Waals surface area (Å²) in [5, 5.41) is 13.3. The van der Waals surface area contributed by atoms with Gasteiger partial charge < -0.3 is 10.4 Å². The van der Waals surface area contributed by atoms with E-state index < -0.39 is 5.60 Å². The molecule has 1 heterocycles. The normalized spacial score (nSPS) is 31.0. The molecule has 0 bridgehead atoms. The summed E-state index contributed by atoms with van der Waals surface area (Å²) in [5.74, 6) is 0. The van der Waals surface area contributed by atoms with Crippen molar-refractivity contribution in [1.82, 2.24) is 5.32 Å². The average Bonchev–Trinajstić information content (AvgIpc) is 2.35. The van der Waals surface area contributed by atoms with E-state index in [0.717, 1.165) is 32.4 Å². The second kappa shape index (κ2) is 3.35. The van der Waals surface area contributed by atoms with Crippen LogP contribution in [0.15, 0.2) is 0 Å². The van der Waals surface area contributed by atoms with E-state index >= 15 is 0 Å². The van der Waals surface area contributed by atoms with Gasteiger partial charge >= 0.3 is 0 Å². The second-order valence-corrected chi connectivity index (χ2v) is 4.85. The van der Waals surface area contributed by atoms with Crippen LogP contribution in [-0.2, 0) is 0 Å². The zero-order valence-corrected chi connectivity index (χ0v) is 8.48. The van der Waals surface area contributed by atoms with Crippen molar-refractivity contribution in [2.75, 3.05) is 13.1 Å². The minimum absolute atomic E-state index is 0.279. The van der Waals surface area contributed by atoms with Gasteiger partial charge in [0.05, 0.1) is 5.60 Å². The van der Waals surface area contributed by atoms with Gasteiger partial charge in [-0.3, -0.25) is 0 Å². The van der Waals surface area contributed by atoms with Crippen LogP contribution in [0.1, 0.15) is 40.0 Å². The van der Waals surface area contributed by atoms with Gasteiger partial charge in [0.15, 0.2) is 0 Å². The van der Waals surface area contributed by atoms with Crippen molar-refractivity contribution in [2.45, 2.75) is 45.6 Å². The molecule has 0 aromatic carbocycles. The number of β-amino-alcohol motifs (C(OH)–C–C–N with tert-alkyl or cyclic N) is 1. The van der Waals surface area contributed by atoms with Gasteiger partial charge in [0.2, 0.25) is 0 Å². The first-order chi connectivity index (χ1) is 5.47. The minimum atomic E-state index is -0.431. The molecular formula is C10H21NO. The van der Waals surface area contributed by atoms with Crippen molar-refractivity contribution in [3.8, 4) is 0 Å². The van der Waals surface area contributed by atoms with Crippen LogP contribution in [-0.4, -0.2) is 23.8 Å². The molecule has 0 spiro atoms. The Morgan fingerprint density at radius 1 is 1.50 bits per heavy atom. The highest BCUT2D eigenvalue weighted by Gasteiger charge is 2.35. The second-order valence-electron chi connectivity index (χ2n) is 4.85. The Morgan fingerprint density at radius 2 is 2.17 bits per heavy atom. The van der Waals surface area contributed by atoms with Crippen molar-refractivity contribution < 1.29 is 5.11 Å². The number of hydrogen-bond donors (Lipinski definition) is 2. The highest BCUT2D eigenvalue weighted by atomic mass is 16.3. The monoisotopic (exact) mass is 171 g/mol.